The predicted octanol–water partition coefficient (Wildman–Crippen LogP) is 4.55. The molecule has 0 saturated heterocycles. The Morgan fingerprint density at radius 1 is 0.966 bits per heavy atom. The fraction of sp³-hybridized carbons (Fsp3) is 0.0833. The van der Waals surface area contributed by atoms with Crippen molar-refractivity contribution in [3.05, 3.63) is 101 Å². The third-order valence-electron chi connectivity index (χ3n) is 4.70. The summed E-state index contributed by atoms with van der Waals surface area (Å²) in [5.74, 6) is 0.353. The van der Waals surface area contributed by atoms with Crippen molar-refractivity contribution in [3.8, 4) is 5.75 Å². The van der Waals surface area contributed by atoms with Crippen molar-refractivity contribution < 1.29 is 14.3 Å². The minimum absolute atomic E-state index is 0.0927. The van der Waals surface area contributed by atoms with E-state index in [4.69, 9.17) is 4.74 Å². The molecule has 1 atom stereocenters. The zero-order chi connectivity index (χ0) is 20.2. The van der Waals surface area contributed by atoms with E-state index in [1.54, 1.807) is 42.5 Å². The first-order valence-corrected chi connectivity index (χ1v) is 9.36. The second kappa shape index (κ2) is 8.02. The molecule has 0 aromatic heterocycles. The van der Waals surface area contributed by atoms with E-state index in [2.05, 4.69) is 10.6 Å². The number of nitrogens with one attached hydrogen (secondary N) is 2. The number of carbonyl (C=O) groups excluding carboxylic acids is 2. The monoisotopic (exact) mass is 384 g/mol. The molecule has 3 aromatic carbocycles. The van der Waals surface area contributed by atoms with Crippen molar-refractivity contribution >= 4 is 23.6 Å². The minimum Gasteiger partial charge on any atom is -0.449 e. The van der Waals surface area contributed by atoms with Gasteiger partial charge in [-0.25, -0.2) is 0 Å². The lowest BCUT2D eigenvalue weighted by Crippen LogP contribution is -2.26. The highest BCUT2D eigenvalue weighted by atomic mass is 16.5. The van der Waals surface area contributed by atoms with Gasteiger partial charge in [0.15, 0.2) is 11.5 Å². The lowest BCUT2D eigenvalue weighted by Gasteiger charge is -2.19. The molecule has 0 spiro atoms. The number of fused-ring (bicyclic) bond motifs is 1. The van der Waals surface area contributed by atoms with Crippen molar-refractivity contribution in [1.29, 1.82) is 0 Å². The zero-order valence-corrected chi connectivity index (χ0v) is 15.9. The second-order valence-corrected chi connectivity index (χ2v) is 6.79. The van der Waals surface area contributed by atoms with Crippen molar-refractivity contribution in [2.75, 3.05) is 5.32 Å². The van der Waals surface area contributed by atoms with Crippen LogP contribution in [0.2, 0.25) is 0 Å². The highest BCUT2D eigenvalue weighted by Gasteiger charge is 2.21. The molecule has 1 aliphatic heterocycles. The Morgan fingerprint density at radius 3 is 2.41 bits per heavy atom. The predicted molar refractivity (Wildman–Crippen MR) is 112 cm³/mol. The second-order valence-electron chi connectivity index (χ2n) is 6.79. The van der Waals surface area contributed by atoms with Gasteiger partial charge in [0.1, 0.15) is 0 Å². The van der Waals surface area contributed by atoms with Crippen LogP contribution in [0.25, 0.3) is 6.08 Å². The summed E-state index contributed by atoms with van der Waals surface area (Å²) in [5, 5.41) is 5.79. The van der Waals surface area contributed by atoms with Gasteiger partial charge in [0.2, 0.25) is 0 Å². The van der Waals surface area contributed by atoms with Crippen molar-refractivity contribution in [2.45, 2.75) is 13.0 Å². The van der Waals surface area contributed by atoms with Crippen LogP contribution in [0.3, 0.4) is 0 Å². The van der Waals surface area contributed by atoms with E-state index in [0.29, 0.717) is 17.0 Å². The maximum Gasteiger partial charge on any atom is 0.291 e. The molecule has 5 heteroatoms. The number of para-hydroxylation sites is 2. The molecule has 0 unspecified atom stereocenters. The average molecular weight is 384 g/mol. The molecule has 0 saturated carbocycles. The number of benzene rings is 3. The number of hydrogen-bond acceptors (Lipinski definition) is 3. The van der Waals surface area contributed by atoms with Gasteiger partial charge >= 0.3 is 0 Å². The normalized spacial score (nSPS) is 15.1. The van der Waals surface area contributed by atoms with Crippen LogP contribution in [0.1, 0.15) is 34.5 Å². The summed E-state index contributed by atoms with van der Waals surface area (Å²) in [5.41, 5.74) is 3.01. The van der Waals surface area contributed by atoms with Crippen LogP contribution >= 0.6 is 0 Å². The van der Waals surface area contributed by atoms with Gasteiger partial charge in [0, 0.05) is 5.56 Å². The Kier molecular flexibility index (Phi) is 5.12. The first-order valence-electron chi connectivity index (χ1n) is 9.36. The highest BCUT2D eigenvalue weighted by Crippen LogP contribution is 2.30. The molecule has 5 nitrogen and oxygen atoms in total. The third-order valence-corrected chi connectivity index (χ3v) is 4.70. The van der Waals surface area contributed by atoms with Gasteiger partial charge in [-0.3, -0.25) is 9.59 Å². The lowest BCUT2D eigenvalue weighted by atomic mass is 10.1. The number of hydrogen-bond donors (Lipinski definition) is 2. The molecule has 3 aromatic rings. The Bertz CT molecular complexity index is 1070. The van der Waals surface area contributed by atoms with Crippen LogP contribution in [0.4, 0.5) is 5.69 Å². The fourth-order valence-electron chi connectivity index (χ4n) is 3.09. The number of rotatable bonds is 4. The summed E-state index contributed by atoms with van der Waals surface area (Å²) < 4.78 is 5.70. The van der Waals surface area contributed by atoms with Crippen molar-refractivity contribution in [1.82, 2.24) is 5.32 Å². The summed E-state index contributed by atoms with van der Waals surface area (Å²) in [4.78, 5) is 24.7. The summed E-state index contributed by atoms with van der Waals surface area (Å²) >= 11 is 0. The van der Waals surface area contributed by atoms with Crippen LogP contribution < -0.4 is 15.4 Å². The van der Waals surface area contributed by atoms with Crippen LogP contribution in [0, 0.1) is 0 Å². The number of carbonyl (C=O) groups is 2. The molecule has 0 bridgehead atoms. The number of anilines is 1. The Hall–Kier alpha value is -3.86. The van der Waals surface area contributed by atoms with Gasteiger partial charge in [0.05, 0.1) is 11.7 Å². The standard InChI is InChI=1S/C24H20N2O3/c1-16(18-7-3-2-4-8-18)25-23(27)19-13-11-17(12-14-19)15-22-24(28)26-20-9-5-6-10-21(20)29-22/h2-16H,1H3,(H,25,27)(H,26,28)/b22-15-/t16-/m0/s1. The van der Waals surface area contributed by atoms with Gasteiger partial charge < -0.3 is 15.4 Å². The zero-order valence-electron chi connectivity index (χ0n) is 15.9. The molecular formula is C24H20N2O3. The highest BCUT2D eigenvalue weighted by molar-refractivity contribution is 6.08. The number of amides is 2. The molecule has 0 aliphatic carbocycles. The Labute approximate surface area is 169 Å². The van der Waals surface area contributed by atoms with Gasteiger partial charge in [-0.1, -0.05) is 54.6 Å². The van der Waals surface area contributed by atoms with E-state index < -0.39 is 0 Å². The molecule has 0 fully saturated rings. The molecule has 144 valence electrons. The molecule has 2 N–H and O–H groups in total. The largest absolute Gasteiger partial charge is 0.449 e. The van der Waals surface area contributed by atoms with Crippen molar-refractivity contribution in [2.24, 2.45) is 0 Å². The van der Waals surface area contributed by atoms with Crippen LogP contribution in [0.15, 0.2) is 84.6 Å². The Morgan fingerprint density at radius 2 is 1.66 bits per heavy atom. The van der Waals surface area contributed by atoms with Gasteiger partial charge in [-0.05, 0) is 48.4 Å². The first-order chi connectivity index (χ1) is 14.1. The molecule has 1 heterocycles. The third kappa shape index (κ3) is 4.19. The SMILES string of the molecule is C[C@H](NC(=O)c1ccc(/C=C2\Oc3ccccc3NC2=O)cc1)c1ccccc1. The van der Waals surface area contributed by atoms with Gasteiger partial charge in [-0.2, -0.15) is 0 Å². The average Bonchev–Trinajstić information content (AvgIpc) is 2.75. The maximum atomic E-state index is 12.5. The summed E-state index contributed by atoms with van der Waals surface area (Å²) in [7, 11) is 0. The molecule has 0 radical (unpaired) electrons. The summed E-state index contributed by atoms with van der Waals surface area (Å²) in [6.45, 7) is 1.95. The van der Waals surface area contributed by atoms with Crippen LogP contribution in [0.5, 0.6) is 5.75 Å². The van der Waals surface area contributed by atoms with E-state index in [9.17, 15) is 9.59 Å². The summed E-state index contributed by atoms with van der Waals surface area (Å²) in [6, 6.07) is 24.0. The quantitative estimate of drug-likeness (QED) is 0.649. The first kappa shape index (κ1) is 18.5. The molecular weight excluding hydrogens is 364 g/mol. The van der Waals surface area contributed by atoms with E-state index >= 15 is 0 Å². The molecule has 2 amide bonds. The number of ether oxygens (including phenoxy) is 1. The van der Waals surface area contributed by atoms with E-state index in [1.165, 1.54) is 0 Å². The Balaban J connectivity index is 1.46. The van der Waals surface area contributed by atoms with E-state index in [-0.39, 0.29) is 23.6 Å². The smallest absolute Gasteiger partial charge is 0.291 e. The van der Waals surface area contributed by atoms with E-state index in [0.717, 1.165) is 11.1 Å². The molecule has 29 heavy (non-hydrogen) atoms. The molecule has 1 aliphatic rings. The van der Waals surface area contributed by atoms with Crippen molar-refractivity contribution in [3.63, 3.8) is 0 Å². The van der Waals surface area contributed by atoms with Gasteiger partial charge in [-0.15, -0.1) is 0 Å². The molecule has 4 rings (SSSR count). The van der Waals surface area contributed by atoms with Crippen LogP contribution in [-0.2, 0) is 4.79 Å². The lowest BCUT2D eigenvalue weighted by molar-refractivity contribution is -0.115. The fourth-order valence-corrected chi connectivity index (χ4v) is 3.09. The topological polar surface area (TPSA) is 67.4 Å². The van der Waals surface area contributed by atoms with Gasteiger partial charge in [0.25, 0.3) is 11.8 Å². The van der Waals surface area contributed by atoms with Crippen LogP contribution in [-0.4, -0.2) is 11.8 Å². The minimum atomic E-state index is -0.304. The van der Waals surface area contributed by atoms with E-state index in [1.807, 2.05) is 49.4 Å². The summed E-state index contributed by atoms with van der Waals surface area (Å²) in [6.07, 6.45) is 1.65. The maximum absolute atomic E-state index is 12.5.